The largest absolute Gasteiger partial charge is 0.573 e. The van der Waals surface area contributed by atoms with Gasteiger partial charge in [0, 0.05) is 30.6 Å². The summed E-state index contributed by atoms with van der Waals surface area (Å²) in [6.07, 6.45) is -0.766. The molecular weight excluding hydrogens is 297 g/mol. The summed E-state index contributed by atoms with van der Waals surface area (Å²) in [6.45, 7) is 0. The first-order chi connectivity index (χ1) is 10.4. The Morgan fingerprint density at radius 3 is 2.73 bits per heavy atom. The highest BCUT2D eigenvalue weighted by Crippen LogP contribution is 2.25. The summed E-state index contributed by atoms with van der Waals surface area (Å²) in [5.74, 6) is -0.675. The fraction of sp³-hybridized carbons (Fsp3) is 0.200. The molecule has 1 N–H and O–H groups in total. The van der Waals surface area contributed by atoms with E-state index in [2.05, 4.69) is 15.0 Å². The third-order valence-corrected chi connectivity index (χ3v) is 2.71. The molecule has 7 heteroatoms. The van der Waals surface area contributed by atoms with Gasteiger partial charge < -0.3 is 10.1 Å². The number of aryl methyl sites for hydroxylation is 1. The van der Waals surface area contributed by atoms with Crippen molar-refractivity contribution in [2.45, 2.75) is 19.2 Å². The second kappa shape index (κ2) is 6.93. The van der Waals surface area contributed by atoms with Crippen molar-refractivity contribution in [2.24, 2.45) is 0 Å². The summed E-state index contributed by atoms with van der Waals surface area (Å²) in [6, 6.07) is 8.76. The fourth-order valence-electron chi connectivity index (χ4n) is 1.80. The van der Waals surface area contributed by atoms with Crippen molar-refractivity contribution in [3.05, 3.63) is 54.4 Å². The Hall–Kier alpha value is -2.57. The van der Waals surface area contributed by atoms with Crippen LogP contribution in [0.1, 0.15) is 12.0 Å². The molecule has 116 valence electrons. The van der Waals surface area contributed by atoms with E-state index in [4.69, 9.17) is 0 Å². The van der Waals surface area contributed by atoms with Crippen molar-refractivity contribution in [3.8, 4) is 5.75 Å². The summed E-state index contributed by atoms with van der Waals surface area (Å²) in [5.41, 5.74) is 1.16. The predicted octanol–water partition coefficient (Wildman–Crippen LogP) is 3.55. The number of rotatable bonds is 5. The van der Waals surface area contributed by atoms with Gasteiger partial charge in [-0.05, 0) is 30.2 Å². The van der Waals surface area contributed by atoms with E-state index in [0.29, 0.717) is 6.42 Å². The number of pyridine rings is 1. The maximum Gasteiger partial charge on any atom is 0.573 e. The number of halogens is 3. The first-order valence-electron chi connectivity index (χ1n) is 6.47. The second-order valence-electron chi connectivity index (χ2n) is 4.49. The van der Waals surface area contributed by atoms with E-state index in [0.717, 1.165) is 11.6 Å². The second-order valence-corrected chi connectivity index (χ2v) is 4.49. The lowest BCUT2D eigenvalue weighted by Crippen LogP contribution is -2.17. The van der Waals surface area contributed by atoms with E-state index in [1.165, 1.54) is 18.2 Å². The number of aromatic nitrogens is 1. The van der Waals surface area contributed by atoms with E-state index >= 15 is 0 Å². The predicted molar refractivity (Wildman–Crippen MR) is 74.3 cm³/mol. The van der Waals surface area contributed by atoms with Crippen LogP contribution in [0.2, 0.25) is 0 Å². The first kappa shape index (κ1) is 15.8. The molecular formula is C15H13F3N2O2. The quantitative estimate of drug-likeness (QED) is 0.919. The summed E-state index contributed by atoms with van der Waals surface area (Å²) >= 11 is 0. The molecule has 2 rings (SSSR count). The number of hydrogen-bond acceptors (Lipinski definition) is 3. The van der Waals surface area contributed by atoms with Gasteiger partial charge in [-0.15, -0.1) is 13.2 Å². The third kappa shape index (κ3) is 5.43. The Kier molecular flexibility index (Phi) is 4.98. The summed E-state index contributed by atoms with van der Waals surface area (Å²) in [5, 5.41) is 2.53. The average molecular weight is 310 g/mol. The number of benzene rings is 1. The standard InChI is InChI=1S/C15H13F3N2O2/c16-15(17,18)22-13-5-1-4-12(9-13)20-14(21)7-6-11-3-2-8-19-10-11/h1-5,8-10H,6-7H2,(H,20,21). The lowest BCUT2D eigenvalue weighted by molar-refractivity contribution is -0.274. The Morgan fingerprint density at radius 2 is 2.05 bits per heavy atom. The highest BCUT2D eigenvalue weighted by molar-refractivity contribution is 5.91. The normalized spacial score (nSPS) is 11.0. The minimum absolute atomic E-state index is 0.204. The van der Waals surface area contributed by atoms with Crippen LogP contribution < -0.4 is 10.1 Å². The van der Waals surface area contributed by atoms with Gasteiger partial charge in [-0.1, -0.05) is 12.1 Å². The number of nitrogens with zero attached hydrogens (tertiary/aromatic N) is 1. The number of carbonyl (C=O) groups is 1. The van der Waals surface area contributed by atoms with Crippen molar-refractivity contribution < 1.29 is 22.7 Å². The number of alkyl halides is 3. The first-order valence-corrected chi connectivity index (χ1v) is 6.47. The molecule has 0 aliphatic heterocycles. The number of anilines is 1. The number of amides is 1. The summed E-state index contributed by atoms with van der Waals surface area (Å²) in [7, 11) is 0. The van der Waals surface area contributed by atoms with Crippen LogP contribution in [0.4, 0.5) is 18.9 Å². The van der Waals surface area contributed by atoms with E-state index in [1.54, 1.807) is 18.5 Å². The topological polar surface area (TPSA) is 51.2 Å². The average Bonchev–Trinajstić information content (AvgIpc) is 2.45. The van der Waals surface area contributed by atoms with Crippen LogP contribution in [0, 0.1) is 0 Å². The van der Waals surface area contributed by atoms with Crippen molar-refractivity contribution in [1.82, 2.24) is 4.98 Å². The van der Waals surface area contributed by atoms with Crippen LogP contribution in [0.5, 0.6) is 5.75 Å². The van der Waals surface area contributed by atoms with Crippen LogP contribution >= 0.6 is 0 Å². The number of nitrogens with one attached hydrogen (secondary N) is 1. The molecule has 1 aromatic heterocycles. The van der Waals surface area contributed by atoms with Crippen LogP contribution in [0.3, 0.4) is 0 Å². The van der Waals surface area contributed by atoms with Gasteiger partial charge in [-0.2, -0.15) is 0 Å². The van der Waals surface area contributed by atoms with E-state index in [9.17, 15) is 18.0 Å². The number of ether oxygens (including phenoxy) is 1. The molecule has 0 fully saturated rings. The van der Waals surface area contributed by atoms with Crippen LogP contribution in [0.25, 0.3) is 0 Å². The fourth-order valence-corrected chi connectivity index (χ4v) is 1.80. The van der Waals surface area contributed by atoms with Crippen LogP contribution in [-0.4, -0.2) is 17.3 Å². The van der Waals surface area contributed by atoms with Gasteiger partial charge in [0.2, 0.25) is 5.91 Å². The molecule has 1 heterocycles. The van der Waals surface area contributed by atoms with Gasteiger partial charge in [0.25, 0.3) is 0 Å². The molecule has 1 aromatic carbocycles. The highest BCUT2D eigenvalue weighted by atomic mass is 19.4. The van der Waals surface area contributed by atoms with Gasteiger partial charge in [0.1, 0.15) is 5.75 Å². The molecule has 0 radical (unpaired) electrons. The molecule has 0 atom stereocenters. The molecule has 22 heavy (non-hydrogen) atoms. The lowest BCUT2D eigenvalue weighted by Gasteiger charge is -2.10. The van der Waals surface area contributed by atoms with Gasteiger partial charge in [0.05, 0.1) is 0 Å². The monoisotopic (exact) mass is 310 g/mol. The molecule has 1 amide bonds. The van der Waals surface area contributed by atoms with Crippen molar-refractivity contribution >= 4 is 11.6 Å². The Bertz CT molecular complexity index is 630. The third-order valence-electron chi connectivity index (χ3n) is 2.71. The lowest BCUT2D eigenvalue weighted by atomic mass is 10.1. The number of hydrogen-bond donors (Lipinski definition) is 1. The smallest absolute Gasteiger partial charge is 0.406 e. The molecule has 0 bridgehead atoms. The molecule has 0 saturated heterocycles. The molecule has 0 aliphatic carbocycles. The zero-order valence-corrected chi connectivity index (χ0v) is 11.4. The maximum absolute atomic E-state index is 12.1. The minimum atomic E-state index is -4.76. The van der Waals surface area contributed by atoms with E-state index in [1.807, 2.05) is 6.07 Å². The van der Waals surface area contributed by atoms with Gasteiger partial charge in [-0.25, -0.2) is 0 Å². The summed E-state index contributed by atoms with van der Waals surface area (Å²) in [4.78, 5) is 15.7. The van der Waals surface area contributed by atoms with Crippen molar-refractivity contribution in [3.63, 3.8) is 0 Å². The molecule has 0 spiro atoms. The summed E-state index contributed by atoms with van der Waals surface area (Å²) < 4.78 is 40.2. The molecule has 2 aromatic rings. The van der Waals surface area contributed by atoms with Gasteiger partial charge >= 0.3 is 6.36 Å². The molecule has 0 aliphatic rings. The zero-order chi connectivity index (χ0) is 16.0. The molecule has 0 saturated carbocycles. The Balaban J connectivity index is 1.90. The van der Waals surface area contributed by atoms with Crippen molar-refractivity contribution in [2.75, 3.05) is 5.32 Å². The number of carbonyl (C=O) groups excluding carboxylic acids is 1. The molecule has 0 unspecified atom stereocenters. The van der Waals surface area contributed by atoms with Gasteiger partial charge in [0.15, 0.2) is 0 Å². The zero-order valence-electron chi connectivity index (χ0n) is 11.4. The van der Waals surface area contributed by atoms with Crippen LogP contribution in [0.15, 0.2) is 48.8 Å². The minimum Gasteiger partial charge on any atom is -0.406 e. The van der Waals surface area contributed by atoms with E-state index in [-0.39, 0.29) is 23.8 Å². The Morgan fingerprint density at radius 1 is 1.23 bits per heavy atom. The Labute approximate surface area is 124 Å². The SMILES string of the molecule is O=C(CCc1cccnc1)Nc1cccc(OC(F)(F)F)c1. The highest BCUT2D eigenvalue weighted by Gasteiger charge is 2.31. The van der Waals surface area contributed by atoms with Crippen LogP contribution in [-0.2, 0) is 11.2 Å². The van der Waals surface area contributed by atoms with Gasteiger partial charge in [-0.3, -0.25) is 9.78 Å². The van der Waals surface area contributed by atoms with E-state index < -0.39 is 6.36 Å². The molecule has 4 nitrogen and oxygen atoms in total. The van der Waals surface area contributed by atoms with Crippen molar-refractivity contribution in [1.29, 1.82) is 0 Å². The maximum atomic E-state index is 12.1.